The van der Waals surface area contributed by atoms with Gasteiger partial charge in [-0.25, -0.2) is 0 Å². The van der Waals surface area contributed by atoms with Crippen LogP contribution >= 0.6 is 0 Å². The Morgan fingerprint density at radius 1 is 1.27 bits per heavy atom. The highest BCUT2D eigenvalue weighted by Crippen LogP contribution is 2.24. The van der Waals surface area contributed by atoms with E-state index in [1.807, 2.05) is 12.2 Å². The number of carbonyl (C=O) groups excluding carboxylic acids is 1. The Morgan fingerprint density at radius 2 is 2.00 bits per heavy atom. The van der Waals surface area contributed by atoms with Gasteiger partial charge < -0.3 is 0 Å². The van der Waals surface area contributed by atoms with Crippen LogP contribution < -0.4 is 0 Å². The normalized spacial score (nSPS) is 29.8. The van der Waals surface area contributed by atoms with Crippen LogP contribution in [0.3, 0.4) is 0 Å². The largest absolute Gasteiger partial charge is 0.290 e. The van der Waals surface area contributed by atoms with Crippen molar-refractivity contribution in [3.05, 3.63) is 36.0 Å². The molecular weight excluding hydrogens is 184 g/mol. The molecule has 0 N–H and O–H groups in total. The Hall–Kier alpha value is -1.11. The number of carbonyl (C=O) groups is 1. The summed E-state index contributed by atoms with van der Waals surface area (Å²) in [5, 5.41) is 0. The highest BCUT2D eigenvalue weighted by molar-refractivity contribution is 5.99. The van der Waals surface area contributed by atoms with E-state index in [4.69, 9.17) is 0 Å². The molecule has 0 aromatic carbocycles. The molecule has 0 fully saturated rings. The van der Waals surface area contributed by atoms with E-state index in [-0.39, 0.29) is 11.2 Å². The van der Waals surface area contributed by atoms with Crippen LogP contribution in [0.25, 0.3) is 0 Å². The monoisotopic (exact) mass is 204 g/mol. The molecule has 0 atom stereocenters. The molecule has 1 aliphatic carbocycles. The zero-order valence-corrected chi connectivity index (χ0v) is 9.92. The summed E-state index contributed by atoms with van der Waals surface area (Å²) < 4.78 is 0. The van der Waals surface area contributed by atoms with Crippen molar-refractivity contribution in [1.82, 2.24) is 0 Å². The number of allylic oxidation sites excluding steroid dienone is 6. The molecule has 0 spiro atoms. The van der Waals surface area contributed by atoms with E-state index in [0.717, 1.165) is 19.3 Å². The molecule has 0 aromatic heterocycles. The Balaban J connectivity index is 2.85. The number of rotatable bonds is 0. The van der Waals surface area contributed by atoms with Crippen LogP contribution in [0.2, 0.25) is 0 Å². The Morgan fingerprint density at radius 3 is 2.73 bits per heavy atom. The molecule has 0 saturated heterocycles. The minimum Gasteiger partial charge on any atom is -0.290 e. The maximum absolute atomic E-state index is 11.4. The predicted octanol–water partition coefficient (Wildman–Crippen LogP) is 3.82. The molecule has 0 bridgehead atoms. The van der Waals surface area contributed by atoms with Gasteiger partial charge in [0.05, 0.1) is 0 Å². The second kappa shape index (κ2) is 5.11. The van der Waals surface area contributed by atoms with Gasteiger partial charge in [-0.15, -0.1) is 0 Å². The van der Waals surface area contributed by atoms with Gasteiger partial charge in [0.2, 0.25) is 0 Å². The molecule has 82 valence electrons. The summed E-state index contributed by atoms with van der Waals surface area (Å²) in [6.07, 6.45) is 12.6. The van der Waals surface area contributed by atoms with Crippen molar-refractivity contribution in [2.24, 2.45) is 5.41 Å². The van der Waals surface area contributed by atoms with E-state index in [2.05, 4.69) is 26.8 Å². The Bertz CT molecular complexity index is 316. The van der Waals surface area contributed by atoms with Gasteiger partial charge in [0, 0.05) is 0 Å². The van der Waals surface area contributed by atoms with Crippen molar-refractivity contribution < 1.29 is 4.79 Å². The summed E-state index contributed by atoms with van der Waals surface area (Å²) in [4.78, 5) is 11.4. The van der Waals surface area contributed by atoms with E-state index >= 15 is 0 Å². The van der Waals surface area contributed by atoms with Gasteiger partial charge in [-0.2, -0.15) is 0 Å². The lowest BCUT2D eigenvalue weighted by molar-refractivity contribution is -0.110. The van der Waals surface area contributed by atoms with Gasteiger partial charge in [-0.05, 0) is 43.8 Å². The molecule has 0 amide bonds. The lowest BCUT2D eigenvalue weighted by atomic mass is 9.87. The van der Waals surface area contributed by atoms with Crippen LogP contribution in [0, 0.1) is 5.41 Å². The summed E-state index contributed by atoms with van der Waals surface area (Å²) in [5.74, 6) is 0.0997. The topological polar surface area (TPSA) is 17.1 Å². The molecule has 0 aliphatic heterocycles. The first-order valence-corrected chi connectivity index (χ1v) is 5.55. The van der Waals surface area contributed by atoms with Crippen LogP contribution in [0.5, 0.6) is 0 Å². The minimum absolute atomic E-state index is 0.0785. The van der Waals surface area contributed by atoms with Crippen molar-refractivity contribution in [3.8, 4) is 0 Å². The molecule has 0 radical (unpaired) electrons. The summed E-state index contributed by atoms with van der Waals surface area (Å²) in [6, 6.07) is 0. The third-order valence-electron chi connectivity index (χ3n) is 2.66. The van der Waals surface area contributed by atoms with Crippen molar-refractivity contribution in [2.45, 2.75) is 40.0 Å². The SMILES string of the molecule is C/C1=C\CC(C)(C)/C=C/C(=O)/C=C/CC1. The van der Waals surface area contributed by atoms with E-state index < -0.39 is 0 Å². The highest BCUT2D eigenvalue weighted by Gasteiger charge is 2.12. The number of ketones is 1. The molecule has 0 unspecified atom stereocenters. The number of hydrogen-bond donors (Lipinski definition) is 0. The van der Waals surface area contributed by atoms with Crippen molar-refractivity contribution in [2.75, 3.05) is 0 Å². The average Bonchev–Trinajstić information content (AvgIpc) is 2.20. The van der Waals surface area contributed by atoms with Gasteiger partial charge >= 0.3 is 0 Å². The van der Waals surface area contributed by atoms with Gasteiger partial charge in [-0.3, -0.25) is 4.79 Å². The number of hydrogen-bond acceptors (Lipinski definition) is 1. The standard InChI is InChI=1S/C14H20O/c1-12-6-4-5-7-13(15)9-11-14(2,3)10-8-12/h5,7-9,11H,4,6,10H2,1-3H3/b7-5+,11-9+,12-8+. The Labute approximate surface area is 92.6 Å². The maximum Gasteiger partial charge on any atom is 0.178 e. The van der Waals surface area contributed by atoms with E-state index in [9.17, 15) is 4.79 Å². The molecule has 15 heavy (non-hydrogen) atoms. The van der Waals surface area contributed by atoms with Gasteiger partial charge in [0.25, 0.3) is 0 Å². The second-order valence-electron chi connectivity index (χ2n) is 4.92. The zero-order valence-electron chi connectivity index (χ0n) is 9.92. The van der Waals surface area contributed by atoms with Crippen LogP contribution in [0.4, 0.5) is 0 Å². The maximum atomic E-state index is 11.4. The van der Waals surface area contributed by atoms with E-state index in [0.29, 0.717) is 0 Å². The summed E-state index contributed by atoms with van der Waals surface area (Å²) in [7, 11) is 0. The van der Waals surface area contributed by atoms with Crippen LogP contribution in [0.1, 0.15) is 40.0 Å². The third-order valence-corrected chi connectivity index (χ3v) is 2.66. The van der Waals surface area contributed by atoms with E-state index in [1.165, 1.54) is 5.57 Å². The van der Waals surface area contributed by atoms with Crippen LogP contribution in [-0.4, -0.2) is 5.78 Å². The van der Waals surface area contributed by atoms with Gasteiger partial charge in [0.1, 0.15) is 0 Å². The Kier molecular flexibility index (Phi) is 4.07. The first kappa shape index (κ1) is 12.0. The van der Waals surface area contributed by atoms with Crippen LogP contribution in [0.15, 0.2) is 36.0 Å². The summed E-state index contributed by atoms with van der Waals surface area (Å²) in [5.41, 5.74) is 1.49. The van der Waals surface area contributed by atoms with Gasteiger partial charge in [-0.1, -0.05) is 37.6 Å². The fourth-order valence-corrected chi connectivity index (χ4v) is 1.48. The molecule has 0 heterocycles. The lowest BCUT2D eigenvalue weighted by Crippen LogP contribution is -2.06. The summed E-state index contributed by atoms with van der Waals surface area (Å²) in [6.45, 7) is 6.47. The lowest BCUT2D eigenvalue weighted by Gasteiger charge is -2.17. The average molecular weight is 204 g/mol. The molecule has 1 aliphatic rings. The molecule has 1 nitrogen and oxygen atoms in total. The van der Waals surface area contributed by atoms with Crippen LogP contribution in [-0.2, 0) is 4.79 Å². The minimum atomic E-state index is 0.0785. The zero-order chi connectivity index (χ0) is 11.3. The first-order valence-electron chi connectivity index (χ1n) is 5.55. The van der Waals surface area contributed by atoms with Crippen molar-refractivity contribution >= 4 is 5.78 Å². The third kappa shape index (κ3) is 4.78. The van der Waals surface area contributed by atoms with Gasteiger partial charge in [0.15, 0.2) is 5.78 Å². The molecule has 0 saturated carbocycles. The predicted molar refractivity (Wildman–Crippen MR) is 64.7 cm³/mol. The summed E-state index contributed by atoms with van der Waals surface area (Å²) >= 11 is 0. The molecule has 1 rings (SSSR count). The van der Waals surface area contributed by atoms with E-state index in [1.54, 1.807) is 12.2 Å². The van der Waals surface area contributed by atoms with Crippen molar-refractivity contribution in [3.63, 3.8) is 0 Å². The smallest absolute Gasteiger partial charge is 0.178 e. The molecule has 1 heteroatoms. The molecular formula is C14H20O. The van der Waals surface area contributed by atoms with Crippen molar-refractivity contribution in [1.29, 1.82) is 0 Å². The first-order chi connectivity index (χ1) is 6.99. The highest BCUT2D eigenvalue weighted by atomic mass is 16.1. The second-order valence-corrected chi connectivity index (χ2v) is 4.92. The quantitative estimate of drug-likeness (QED) is 0.548. The molecule has 0 aromatic rings. The fourth-order valence-electron chi connectivity index (χ4n) is 1.48. The fraction of sp³-hybridized carbons (Fsp3) is 0.500.